The summed E-state index contributed by atoms with van der Waals surface area (Å²) in [7, 11) is 0. The fraction of sp³-hybridized carbons (Fsp3) is 0.222. The number of anilines is 1. The van der Waals surface area contributed by atoms with Crippen LogP contribution < -0.4 is 16.0 Å². The molecule has 0 fully saturated rings. The molecule has 3 N–H and O–H groups in total. The van der Waals surface area contributed by atoms with Crippen molar-refractivity contribution in [1.82, 2.24) is 10.6 Å². The molecule has 2 rings (SSSR count). The van der Waals surface area contributed by atoms with Crippen molar-refractivity contribution in [2.75, 3.05) is 5.32 Å². The molecule has 0 aliphatic rings. The lowest BCUT2D eigenvalue weighted by atomic mass is 10.1. The van der Waals surface area contributed by atoms with Gasteiger partial charge in [0.05, 0.1) is 6.42 Å². The third kappa shape index (κ3) is 7.84. The number of aryl methyl sites for hydroxylation is 1. The van der Waals surface area contributed by atoms with Crippen LogP contribution >= 0.6 is 63.0 Å². The minimum Gasteiger partial charge on any atom is -0.339 e. The van der Waals surface area contributed by atoms with E-state index in [0.717, 1.165) is 21.3 Å². The Kier molecular flexibility index (Phi) is 8.19. The molecule has 0 radical (unpaired) electrons. The number of alkyl halides is 3. The van der Waals surface area contributed by atoms with E-state index in [1.807, 2.05) is 55.5 Å². The molecule has 0 aliphatic carbocycles. The van der Waals surface area contributed by atoms with E-state index in [1.54, 1.807) is 0 Å². The zero-order valence-corrected chi connectivity index (χ0v) is 18.9. The molecule has 1 atom stereocenters. The van der Waals surface area contributed by atoms with Gasteiger partial charge < -0.3 is 16.0 Å². The molecule has 4 nitrogen and oxygen atoms in total. The number of nitrogens with one attached hydrogen (secondary N) is 3. The van der Waals surface area contributed by atoms with Gasteiger partial charge in [-0.25, -0.2) is 0 Å². The first kappa shape index (κ1) is 22.2. The normalized spacial score (nSPS) is 12.2. The first-order valence-electron chi connectivity index (χ1n) is 7.88. The number of amides is 1. The van der Waals surface area contributed by atoms with Gasteiger partial charge in [0.25, 0.3) is 0 Å². The van der Waals surface area contributed by atoms with Gasteiger partial charge in [-0.15, -0.1) is 0 Å². The van der Waals surface area contributed by atoms with E-state index < -0.39 is 9.96 Å². The minimum atomic E-state index is -1.80. The maximum Gasteiger partial charge on any atom is 0.228 e. The van der Waals surface area contributed by atoms with Gasteiger partial charge in [0.2, 0.25) is 9.70 Å². The summed E-state index contributed by atoms with van der Waals surface area (Å²) < 4.78 is -0.858. The molecule has 27 heavy (non-hydrogen) atoms. The fourth-order valence-electron chi connectivity index (χ4n) is 2.13. The molecule has 0 spiro atoms. The standard InChI is InChI=1S/C18H17BrCl3N3OS/c1-11-2-4-12(5-3-11)10-15(26)24-16(18(20,21)22)25-17(27)23-14-8-6-13(19)7-9-14/h2-9,16H,10H2,1H3,(H,24,26)(H2,23,25,27). The van der Waals surface area contributed by atoms with Crippen LogP contribution in [0.4, 0.5) is 5.69 Å². The van der Waals surface area contributed by atoms with Gasteiger partial charge in [-0.05, 0) is 49.0 Å². The van der Waals surface area contributed by atoms with Crippen LogP contribution in [0.3, 0.4) is 0 Å². The lowest BCUT2D eigenvalue weighted by Gasteiger charge is -2.27. The molecule has 1 unspecified atom stereocenters. The molecule has 0 saturated heterocycles. The molecule has 0 bridgehead atoms. The van der Waals surface area contributed by atoms with Crippen LogP contribution in [0.1, 0.15) is 11.1 Å². The summed E-state index contributed by atoms with van der Waals surface area (Å²) >= 11 is 26.6. The van der Waals surface area contributed by atoms with Crippen LogP contribution in [-0.4, -0.2) is 21.0 Å². The smallest absolute Gasteiger partial charge is 0.228 e. The predicted molar refractivity (Wildman–Crippen MR) is 121 cm³/mol. The van der Waals surface area contributed by atoms with E-state index in [0.29, 0.717) is 0 Å². The zero-order valence-electron chi connectivity index (χ0n) is 14.2. The highest BCUT2D eigenvalue weighted by molar-refractivity contribution is 9.10. The summed E-state index contributed by atoms with van der Waals surface area (Å²) in [6, 6.07) is 15.0. The first-order valence-corrected chi connectivity index (χ1v) is 10.2. The SMILES string of the molecule is Cc1ccc(CC(=O)NC(NC(=S)Nc2ccc(Br)cc2)C(Cl)(Cl)Cl)cc1. The van der Waals surface area contributed by atoms with Crippen LogP contribution in [-0.2, 0) is 11.2 Å². The van der Waals surface area contributed by atoms with Crippen molar-refractivity contribution < 1.29 is 4.79 Å². The van der Waals surface area contributed by atoms with Gasteiger partial charge in [-0.1, -0.05) is 80.6 Å². The van der Waals surface area contributed by atoms with Crippen LogP contribution in [0.5, 0.6) is 0 Å². The van der Waals surface area contributed by atoms with Gasteiger partial charge in [-0.2, -0.15) is 0 Å². The fourth-order valence-corrected chi connectivity index (χ4v) is 2.96. The van der Waals surface area contributed by atoms with E-state index in [-0.39, 0.29) is 17.4 Å². The second-order valence-corrected chi connectivity index (χ2v) is 9.50. The Balaban J connectivity index is 1.97. The van der Waals surface area contributed by atoms with Gasteiger partial charge in [0.1, 0.15) is 6.17 Å². The second kappa shape index (κ2) is 9.94. The lowest BCUT2D eigenvalue weighted by molar-refractivity contribution is -0.121. The molecule has 0 aromatic heterocycles. The van der Waals surface area contributed by atoms with Crippen LogP contribution in [0.25, 0.3) is 0 Å². The summed E-state index contributed by atoms with van der Waals surface area (Å²) in [5.41, 5.74) is 2.73. The highest BCUT2D eigenvalue weighted by atomic mass is 79.9. The van der Waals surface area contributed by atoms with Crippen molar-refractivity contribution >= 4 is 79.7 Å². The number of rotatable bonds is 5. The third-order valence-electron chi connectivity index (χ3n) is 3.50. The van der Waals surface area contributed by atoms with E-state index >= 15 is 0 Å². The van der Waals surface area contributed by atoms with Crippen LogP contribution in [0.2, 0.25) is 0 Å². The van der Waals surface area contributed by atoms with Gasteiger partial charge in [-0.3, -0.25) is 4.79 Å². The third-order valence-corrected chi connectivity index (χ3v) is 4.90. The molecule has 144 valence electrons. The Bertz CT molecular complexity index is 733. The zero-order chi connectivity index (χ0) is 20.0. The maximum atomic E-state index is 12.3. The molecule has 2 aromatic carbocycles. The Labute approximate surface area is 187 Å². The Hall–Kier alpha value is -1.05. The molecule has 0 aliphatic heterocycles. The molecule has 9 heteroatoms. The van der Waals surface area contributed by atoms with Crippen molar-refractivity contribution in [1.29, 1.82) is 0 Å². The van der Waals surface area contributed by atoms with Crippen molar-refractivity contribution in [3.63, 3.8) is 0 Å². The number of benzene rings is 2. The number of hydrogen-bond acceptors (Lipinski definition) is 2. The second-order valence-electron chi connectivity index (χ2n) is 5.81. The van der Waals surface area contributed by atoms with Crippen molar-refractivity contribution in [3.05, 3.63) is 64.1 Å². The summed E-state index contributed by atoms with van der Waals surface area (Å²) in [6.45, 7) is 1.98. The highest BCUT2D eigenvalue weighted by Crippen LogP contribution is 2.29. The first-order chi connectivity index (χ1) is 12.6. The summed E-state index contributed by atoms with van der Waals surface area (Å²) in [5.74, 6) is -0.297. The van der Waals surface area contributed by atoms with E-state index in [9.17, 15) is 4.79 Å². The lowest BCUT2D eigenvalue weighted by Crippen LogP contribution is -2.56. The largest absolute Gasteiger partial charge is 0.339 e. The maximum absolute atomic E-state index is 12.3. The summed E-state index contributed by atoms with van der Waals surface area (Å²) in [5, 5.41) is 8.68. The van der Waals surface area contributed by atoms with Gasteiger partial charge >= 0.3 is 0 Å². The quantitative estimate of drug-likeness (QED) is 0.298. The topological polar surface area (TPSA) is 53.2 Å². The predicted octanol–water partition coefficient (Wildman–Crippen LogP) is 5.10. The van der Waals surface area contributed by atoms with Crippen molar-refractivity contribution in [2.24, 2.45) is 0 Å². The van der Waals surface area contributed by atoms with E-state index in [1.165, 1.54) is 0 Å². The van der Waals surface area contributed by atoms with Gasteiger partial charge in [0.15, 0.2) is 5.11 Å². The molecule has 0 saturated carbocycles. The Morgan fingerprint density at radius 3 is 2.22 bits per heavy atom. The highest BCUT2D eigenvalue weighted by Gasteiger charge is 2.34. The number of halogens is 4. The molecule has 2 aromatic rings. The van der Waals surface area contributed by atoms with Gasteiger partial charge in [0, 0.05) is 10.2 Å². The number of thiocarbonyl (C=S) groups is 1. The average molecular weight is 510 g/mol. The molecular weight excluding hydrogens is 493 g/mol. The Morgan fingerprint density at radius 2 is 1.67 bits per heavy atom. The summed E-state index contributed by atoms with van der Waals surface area (Å²) in [6.07, 6.45) is -0.845. The average Bonchev–Trinajstić information content (AvgIpc) is 2.57. The van der Waals surface area contributed by atoms with Crippen LogP contribution in [0.15, 0.2) is 53.0 Å². The van der Waals surface area contributed by atoms with Crippen LogP contribution in [0, 0.1) is 6.92 Å². The Morgan fingerprint density at radius 1 is 1.07 bits per heavy atom. The molecule has 1 amide bonds. The minimum absolute atomic E-state index is 0.159. The monoisotopic (exact) mass is 507 g/mol. The molecule has 0 heterocycles. The summed E-state index contributed by atoms with van der Waals surface area (Å²) in [4.78, 5) is 12.3. The molecular formula is C18H17BrCl3N3OS. The van der Waals surface area contributed by atoms with E-state index in [2.05, 4.69) is 31.9 Å². The van der Waals surface area contributed by atoms with Crippen molar-refractivity contribution in [3.8, 4) is 0 Å². The number of carbonyl (C=O) groups excluding carboxylic acids is 1. The number of carbonyl (C=O) groups is 1. The van der Waals surface area contributed by atoms with Crippen molar-refractivity contribution in [2.45, 2.75) is 23.3 Å². The van der Waals surface area contributed by atoms with E-state index in [4.69, 9.17) is 47.0 Å². The number of hydrogen-bond donors (Lipinski definition) is 3.